The third-order valence-electron chi connectivity index (χ3n) is 3.27. The molecule has 1 aliphatic heterocycles. The lowest BCUT2D eigenvalue weighted by molar-refractivity contribution is -0.143. The monoisotopic (exact) mass is 281 g/mol. The molecular formula is C14H19NO5. The second-order valence-electron chi connectivity index (χ2n) is 4.50. The number of carboxylic acid groups (broad SMARTS) is 1. The van der Waals surface area contributed by atoms with Crippen LogP contribution in [0.5, 0.6) is 11.5 Å². The summed E-state index contributed by atoms with van der Waals surface area (Å²) in [5.74, 6) is 0.256. The Morgan fingerprint density at radius 2 is 2.05 bits per heavy atom. The van der Waals surface area contributed by atoms with Gasteiger partial charge in [-0.25, -0.2) is 0 Å². The van der Waals surface area contributed by atoms with E-state index in [1.54, 1.807) is 23.1 Å². The zero-order valence-electron chi connectivity index (χ0n) is 11.4. The number of fused-ring (bicyclic) bond motifs is 1. The Morgan fingerprint density at radius 3 is 2.65 bits per heavy atom. The maximum atomic E-state index is 11.5. The van der Waals surface area contributed by atoms with E-state index in [2.05, 4.69) is 0 Å². The molecule has 6 heteroatoms. The second kappa shape index (κ2) is 6.58. The first-order valence-electron chi connectivity index (χ1n) is 6.64. The van der Waals surface area contributed by atoms with Crippen LogP contribution < -0.4 is 9.47 Å². The Hall–Kier alpha value is -1.79. The highest BCUT2D eigenvalue weighted by Crippen LogP contribution is 2.34. The van der Waals surface area contributed by atoms with Crippen LogP contribution >= 0.6 is 0 Å². The van der Waals surface area contributed by atoms with E-state index in [9.17, 15) is 9.90 Å². The van der Waals surface area contributed by atoms with Crippen LogP contribution in [-0.2, 0) is 4.79 Å². The van der Waals surface area contributed by atoms with Gasteiger partial charge in [0.1, 0.15) is 19.3 Å². The molecular weight excluding hydrogens is 262 g/mol. The van der Waals surface area contributed by atoms with Gasteiger partial charge in [-0.05, 0) is 24.2 Å². The Balaban J connectivity index is 2.31. The lowest BCUT2D eigenvalue weighted by Gasteiger charge is -2.28. The fourth-order valence-corrected chi connectivity index (χ4v) is 2.34. The smallest absolute Gasteiger partial charge is 0.325 e. The third-order valence-corrected chi connectivity index (χ3v) is 3.27. The van der Waals surface area contributed by atoms with E-state index >= 15 is 0 Å². The summed E-state index contributed by atoms with van der Waals surface area (Å²) >= 11 is 0. The molecule has 0 amide bonds. The quantitative estimate of drug-likeness (QED) is 0.806. The molecule has 6 nitrogen and oxygen atoms in total. The topological polar surface area (TPSA) is 79.2 Å². The molecule has 110 valence electrons. The Bertz CT molecular complexity index is 477. The van der Waals surface area contributed by atoms with Gasteiger partial charge in [-0.1, -0.05) is 13.0 Å². The number of aliphatic hydroxyl groups is 1. The highest BCUT2D eigenvalue weighted by atomic mass is 16.6. The van der Waals surface area contributed by atoms with Gasteiger partial charge in [0.25, 0.3) is 0 Å². The molecule has 1 aromatic rings. The number of benzene rings is 1. The summed E-state index contributed by atoms with van der Waals surface area (Å²) in [5, 5.41) is 18.5. The van der Waals surface area contributed by atoms with Crippen molar-refractivity contribution in [1.82, 2.24) is 4.90 Å². The lowest BCUT2D eigenvalue weighted by atomic mass is 10.0. The fraction of sp³-hybridized carbons (Fsp3) is 0.500. The summed E-state index contributed by atoms with van der Waals surface area (Å²) in [6.07, 6.45) is 0. The van der Waals surface area contributed by atoms with E-state index in [4.69, 9.17) is 14.6 Å². The highest BCUT2D eigenvalue weighted by molar-refractivity contribution is 5.76. The van der Waals surface area contributed by atoms with Crippen LogP contribution in [0.1, 0.15) is 18.5 Å². The number of hydrogen-bond acceptors (Lipinski definition) is 5. The van der Waals surface area contributed by atoms with Crippen molar-refractivity contribution in [3.63, 3.8) is 0 Å². The largest absolute Gasteiger partial charge is 0.486 e. The molecule has 2 rings (SSSR count). The molecule has 0 saturated carbocycles. The minimum Gasteiger partial charge on any atom is -0.486 e. The van der Waals surface area contributed by atoms with Gasteiger partial charge in [0.15, 0.2) is 11.5 Å². The van der Waals surface area contributed by atoms with Crippen molar-refractivity contribution in [2.24, 2.45) is 0 Å². The number of likely N-dealkylation sites (N-methyl/N-ethyl adjacent to an activating group) is 1. The van der Waals surface area contributed by atoms with Crippen molar-refractivity contribution in [3.8, 4) is 11.5 Å². The maximum absolute atomic E-state index is 11.5. The summed E-state index contributed by atoms with van der Waals surface area (Å²) in [6, 6.07) is 4.36. The number of rotatable bonds is 6. The minimum absolute atomic E-state index is 0.0812. The van der Waals surface area contributed by atoms with Gasteiger partial charge in [-0.15, -0.1) is 0 Å². The highest BCUT2D eigenvalue weighted by Gasteiger charge is 2.27. The lowest BCUT2D eigenvalue weighted by Crippen LogP contribution is -2.36. The van der Waals surface area contributed by atoms with Crippen molar-refractivity contribution >= 4 is 5.97 Å². The van der Waals surface area contributed by atoms with Gasteiger partial charge in [-0.3, -0.25) is 9.69 Å². The molecule has 0 fully saturated rings. The molecule has 0 spiro atoms. The Labute approximate surface area is 117 Å². The number of carboxylic acids is 1. The van der Waals surface area contributed by atoms with Crippen molar-refractivity contribution in [3.05, 3.63) is 23.8 Å². The van der Waals surface area contributed by atoms with Gasteiger partial charge in [0, 0.05) is 6.54 Å². The Kier molecular flexibility index (Phi) is 4.81. The molecule has 0 radical (unpaired) electrons. The summed E-state index contributed by atoms with van der Waals surface area (Å²) in [5.41, 5.74) is 0.622. The molecule has 1 aliphatic rings. The molecule has 0 aromatic heterocycles. The van der Waals surface area contributed by atoms with Crippen molar-refractivity contribution in [2.45, 2.75) is 13.0 Å². The van der Waals surface area contributed by atoms with E-state index in [0.29, 0.717) is 43.4 Å². The molecule has 20 heavy (non-hydrogen) atoms. The predicted octanol–water partition coefficient (Wildman–Crippen LogP) is 0.898. The standard InChI is InChI=1S/C14H19NO5/c1-2-15(5-6-16)13(14(17)18)10-3-4-11-12(9-10)20-8-7-19-11/h3-4,9,13,16H,2,5-8H2,1H3,(H,17,18). The molecule has 1 unspecified atom stereocenters. The van der Waals surface area contributed by atoms with Crippen molar-refractivity contribution in [1.29, 1.82) is 0 Å². The average Bonchev–Trinajstić information content (AvgIpc) is 2.46. The summed E-state index contributed by atoms with van der Waals surface area (Å²) in [6.45, 7) is 3.59. The number of ether oxygens (including phenoxy) is 2. The van der Waals surface area contributed by atoms with E-state index in [1.165, 1.54) is 0 Å². The number of hydrogen-bond donors (Lipinski definition) is 2. The number of carbonyl (C=O) groups is 1. The van der Waals surface area contributed by atoms with Gasteiger partial charge in [0.05, 0.1) is 6.61 Å². The van der Waals surface area contributed by atoms with Gasteiger partial charge < -0.3 is 19.7 Å². The molecule has 2 N–H and O–H groups in total. The van der Waals surface area contributed by atoms with E-state index < -0.39 is 12.0 Å². The van der Waals surface area contributed by atoms with Crippen LogP contribution in [-0.4, -0.2) is 54.0 Å². The third kappa shape index (κ3) is 3.02. The summed E-state index contributed by atoms with van der Waals surface area (Å²) in [4.78, 5) is 13.2. The molecule has 0 bridgehead atoms. The molecule has 0 saturated heterocycles. The van der Waals surface area contributed by atoms with Crippen LogP contribution in [0.3, 0.4) is 0 Å². The maximum Gasteiger partial charge on any atom is 0.325 e. The van der Waals surface area contributed by atoms with E-state index in [0.717, 1.165) is 0 Å². The number of aliphatic carboxylic acids is 1. The zero-order chi connectivity index (χ0) is 14.5. The first-order valence-corrected chi connectivity index (χ1v) is 6.64. The van der Waals surface area contributed by atoms with Crippen LogP contribution in [0, 0.1) is 0 Å². The average molecular weight is 281 g/mol. The first-order chi connectivity index (χ1) is 9.67. The van der Waals surface area contributed by atoms with Crippen molar-refractivity contribution < 1.29 is 24.5 Å². The summed E-state index contributed by atoms with van der Waals surface area (Å²) < 4.78 is 10.9. The van der Waals surface area contributed by atoms with E-state index in [1.807, 2.05) is 6.92 Å². The van der Waals surface area contributed by atoms with Gasteiger partial charge in [0.2, 0.25) is 0 Å². The van der Waals surface area contributed by atoms with Crippen LogP contribution in [0.2, 0.25) is 0 Å². The predicted molar refractivity (Wildman–Crippen MR) is 72.1 cm³/mol. The zero-order valence-corrected chi connectivity index (χ0v) is 11.4. The Morgan fingerprint density at radius 1 is 1.35 bits per heavy atom. The first kappa shape index (κ1) is 14.6. The number of nitrogens with zero attached hydrogens (tertiary/aromatic N) is 1. The molecule has 1 atom stereocenters. The molecule has 1 heterocycles. The fourth-order valence-electron chi connectivity index (χ4n) is 2.34. The van der Waals surface area contributed by atoms with Crippen LogP contribution in [0.25, 0.3) is 0 Å². The number of aliphatic hydroxyl groups excluding tert-OH is 1. The second-order valence-corrected chi connectivity index (χ2v) is 4.50. The van der Waals surface area contributed by atoms with Crippen molar-refractivity contribution in [2.75, 3.05) is 32.9 Å². The van der Waals surface area contributed by atoms with Gasteiger partial charge >= 0.3 is 5.97 Å². The van der Waals surface area contributed by atoms with Crippen LogP contribution in [0.15, 0.2) is 18.2 Å². The molecule has 0 aliphatic carbocycles. The molecule has 1 aromatic carbocycles. The van der Waals surface area contributed by atoms with Crippen LogP contribution in [0.4, 0.5) is 0 Å². The van der Waals surface area contributed by atoms with Gasteiger partial charge in [-0.2, -0.15) is 0 Å². The van der Waals surface area contributed by atoms with E-state index in [-0.39, 0.29) is 6.61 Å². The minimum atomic E-state index is -0.947. The SMILES string of the molecule is CCN(CCO)C(C(=O)O)c1ccc2c(c1)OCCO2. The summed E-state index contributed by atoms with van der Waals surface area (Å²) in [7, 11) is 0. The normalized spacial score (nSPS) is 15.2.